The van der Waals surface area contributed by atoms with Crippen molar-refractivity contribution in [1.82, 2.24) is 5.32 Å². The number of carbonyl (C=O) groups is 1. The molecule has 0 saturated heterocycles. The summed E-state index contributed by atoms with van der Waals surface area (Å²) >= 11 is 0. The van der Waals surface area contributed by atoms with Crippen LogP contribution < -0.4 is 5.32 Å². The molecule has 2 rings (SSSR count). The molecule has 2 atom stereocenters. The third-order valence-electron chi connectivity index (χ3n) is 3.67. The van der Waals surface area contributed by atoms with E-state index >= 15 is 0 Å². The Morgan fingerprint density at radius 1 is 1.12 bits per heavy atom. The Morgan fingerprint density at radius 2 is 1.75 bits per heavy atom. The molecule has 2 aliphatic carbocycles. The average molecular weight is 235 g/mol. The van der Waals surface area contributed by atoms with Gasteiger partial charge >= 0.3 is 12.1 Å². The first kappa shape index (κ1) is 11.7. The van der Waals surface area contributed by atoms with Gasteiger partial charge in [-0.2, -0.15) is 13.2 Å². The topological polar surface area (TPSA) is 29.1 Å². The van der Waals surface area contributed by atoms with Crippen molar-refractivity contribution in [2.24, 2.45) is 11.8 Å². The molecule has 0 spiro atoms. The van der Waals surface area contributed by atoms with Gasteiger partial charge in [0, 0.05) is 6.04 Å². The second-order valence-electron chi connectivity index (χ2n) is 4.88. The average Bonchev–Trinajstić information content (AvgIpc) is 2.97. The second kappa shape index (κ2) is 4.26. The van der Waals surface area contributed by atoms with Crippen LogP contribution in [0.4, 0.5) is 13.2 Å². The van der Waals surface area contributed by atoms with Crippen LogP contribution in [0.5, 0.6) is 0 Å². The van der Waals surface area contributed by atoms with Gasteiger partial charge in [-0.05, 0) is 18.3 Å². The normalized spacial score (nSPS) is 31.2. The molecule has 0 radical (unpaired) electrons. The van der Waals surface area contributed by atoms with Gasteiger partial charge in [-0.25, -0.2) is 0 Å². The molecule has 0 aromatic carbocycles. The van der Waals surface area contributed by atoms with Gasteiger partial charge in [0.15, 0.2) is 0 Å². The van der Waals surface area contributed by atoms with Crippen LogP contribution in [-0.2, 0) is 4.79 Å². The lowest BCUT2D eigenvalue weighted by molar-refractivity contribution is -0.173. The van der Waals surface area contributed by atoms with Crippen molar-refractivity contribution in [1.29, 1.82) is 0 Å². The smallest absolute Gasteiger partial charge is 0.345 e. The van der Waals surface area contributed by atoms with Gasteiger partial charge in [0.25, 0.3) is 0 Å². The molecule has 1 amide bonds. The lowest BCUT2D eigenvalue weighted by Gasteiger charge is -2.21. The molecule has 16 heavy (non-hydrogen) atoms. The molecule has 1 N–H and O–H groups in total. The minimum atomic E-state index is -4.74. The summed E-state index contributed by atoms with van der Waals surface area (Å²) in [5, 5.41) is 2.08. The Balaban J connectivity index is 1.76. The third kappa shape index (κ3) is 2.68. The van der Waals surface area contributed by atoms with Gasteiger partial charge in [-0.3, -0.25) is 4.79 Å². The zero-order valence-electron chi connectivity index (χ0n) is 9.02. The fourth-order valence-electron chi connectivity index (χ4n) is 2.71. The number of amides is 1. The second-order valence-corrected chi connectivity index (χ2v) is 4.88. The SMILES string of the molecule is O=C(N[C@@H]1CC1C1CCCCC1)C(F)(F)F. The Kier molecular flexibility index (Phi) is 3.13. The highest BCUT2D eigenvalue weighted by atomic mass is 19.4. The molecule has 2 aliphatic rings. The van der Waals surface area contributed by atoms with Crippen LogP contribution in [0.2, 0.25) is 0 Å². The van der Waals surface area contributed by atoms with E-state index in [4.69, 9.17) is 0 Å². The van der Waals surface area contributed by atoms with Crippen LogP contribution in [0.25, 0.3) is 0 Å². The first-order valence-corrected chi connectivity index (χ1v) is 5.86. The fraction of sp³-hybridized carbons (Fsp3) is 0.909. The van der Waals surface area contributed by atoms with Gasteiger partial charge in [0.05, 0.1) is 0 Å². The number of alkyl halides is 3. The van der Waals surface area contributed by atoms with E-state index in [0.717, 1.165) is 19.3 Å². The van der Waals surface area contributed by atoms with Crippen LogP contribution in [0.3, 0.4) is 0 Å². The van der Waals surface area contributed by atoms with Crippen molar-refractivity contribution in [3.05, 3.63) is 0 Å². The molecule has 0 aliphatic heterocycles. The standard InChI is InChI=1S/C11H16F3NO/c12-11(13,14)10(16)15-9-6-8(9)7-4-2-1-3-5-7/h7-9H,1-6H2,(H,15,16)/t8?,9-/m1/s1. The highest BCUT2D eigenvalue weighted by Gasteiger charge is 2.48. The predicted octanol–water partition coefficient (Wildman–Crippen LogP) is 2.63. The fourth-order valence-corrected chi connectivity index (χ4v) is 2.71. The van der Waals surface area contributed by atoms with E-state index in [0.29, 0.717) is 11.8 Å². The Labute approximate surface area is 92.6 Å². The van der Waals surface area contributed by atoms with Crippen molar-refractivity contribution in [2.75, 3.05) is 0 Å². The molecule has 0 aromatic rings. The summed E-state index contributed by atoms with van der Waals surface area (Å²) in [7, 11) is 0. The molecular formula is C11H16F3NO. The summed E-state index contributed by atoms with van der Waals surface area (Å²) in [6.07, 6.45) is 1.82. The van der Waals surface area contributed by atoms with E-state index in [-0.39, 0.29) is 6.04 Å². The maximum Gasteiger partial charge on any atom is 0.471 e. The monoisotopic (exact) mass is 235 g/mol. The number of hydrogen-bond acceptors (Lipinski definition) is 1. The van der Waals surface area contributed by atoms with Gasteiger partial charge in [0.2, 0.25) is 0 Å². The molecule has 0 heterocycles. The molecule has 2 saturated carbocycles. The van der Waals surface area contributed by atoms with E-state index in [1.54, 1.807) is 0 Å². The highest BCUT2D eigenvalue weighted by Crippen LogP contribution is 2.44. The lowest BCUT2D eigenvalue weighted by Crippen LogP contribution is -2.39. The number of nitrogens with one attached hydrogen (secondary N) is 1. The van der Waals surface area contributed by atoms with Crippen molar-refractivity contribution < 1.29 is 18.0 Å². The molecule has 1 unspecified atom stereocenters. The van der Waals surface area contributed by atoms with Gasteiger partial charge < -0.3 is 5.32 Å². The summed E-state index contributed by atoms with van der Waals surface area (Å²) < 4.78 is 36.0. The number of carbonyl (C=O) groups excluding carboxylic acids is 1. The van der Waals surface area contributed by atoms with Crippen LogP contribution in [0, 0.1) is 11.8 Å². The zero-order chi connectivity index (χ0) is 11.8. The zero-order valence-corrected chi connectivity index (χ0v) is 9.02. The maximum absolute atomic E-state index is 12.0. The third-order valence-corrected chi connectivity index (χ3v) is 3.67. The van der Waals surface area contributed by atoms with E-state index in [2.05, 4.69) is 5.32 Å². The van der Waals surface area contributed by atoms with Crippen molar-refractivity contribution in [3.63, 3.8) is 0 Å². The summed E-state index contributed by atoms with van der Waals surface area (Å²) in [4.78, 5) is 10.7. The first-order chi connectivity index (χ1) is 7.48. The molecule has 5 heteroatoms. The summed E-state index contributed by atoms with van der Waals surface area (Å²) in [5.41, 5.74) is 0. The number of halogens is 3. The molecule has 92 valence electrons. The van der Waals surface area contributed by atoms with Crippen molar-refractivity contribution in [2.45, 2.75) is 50.7 Å². The van der Waals surface area contributed by atoms with Crippen molar-refractivity contribution >= 4 is 5.91 Å². The van der Waals surface area contributed by atoms with Gasteiger partial charge in [-0.15, -0.1) is 0 Å². The van der Waals surface area contributed by atoms with Gasteiger partial charge in [0.1, 0.15) is 0 Å². The number of hydrogen-bond donors (Lipinski definition) is 1. The molecule has 2 fully saturated rings. The molecule has 0 aromatic heterocycles. The quantitative estimate of drug-likeness (QED) is 0.783. The predicted molar refractivity (Wildman–Crippen MR) is 52.7 cm³/mol. The summed E-state index contributed by atoms with van der Waals surface area (Å²) in [6, 6.07) is -0.225. The van der Waals surface area contributed by atoms with Crippen LogP contribution >= 0.6 is 0 Å². The lowest BCUT2D eigenvalue weighted by atomic mass is 9.85. The molecule has 0 bridgehead atoms. The maximum atomic E-state index is 12.0. The van der Waals surface area contributed by atoms with E-state index in [1.165, 1.54) is 19.3 Å². The first-order valence-electron chi connectivity index (χ1n) is 5.86. The number of rotatable bonds is 2. The van der Waals surface area contributed by atoms with Crippen LogP contribution in [0.15, 0.2) is 0 Å². The minimum absolute atomic E-state index is 0.225. The Morgan fingerprint density at radius 3 is 2.31 bits per heavy atom. The molecular weight excluding hydrogens is 219 g/mol. The van der Waals surface area contributed by atoms with Crippen molar-refractivity contribution in [3.8, 4) is 0 Å². The van der Waals surface area contributed by atoms with E-state index in [1.807, 2.05) is 0 Å². The van der Waals surface area contributed by atoms with Crippen LogP contribution in [0.1, 0.15) is 38.5 Å². The summed E-state index contributed by atoms with van der Waals surface area (Å²) in [6.45, 7) is 0. The Hall–Kier alpha value is -0.740. The highest BCUT2D eigenvalue weighted by molar-refractivity contribution is 5.82. The van der Waals surface area contributed by atoms with E-state index < -0.39 is 12.1 Å². The minimum Gasteiger partial charge on any atom is -0.345 e. The van der Waals surface area contributed by atoms with Crippen LogP contribution in [-0.4, -0.2) is 18.1 Å². The largest absolute Gasteiger partial charge is 0.471 e. The summed E-state index contributed by atoms with van der Waals surface area (Å²) in [5.74, 6) is -0.949. The van der Waals surface area contributed by atoms with Gasteiger partial charge in [-0.1, -0.05) is 32.1 Å². The molecule has 2 nitrogen and oxygen atoms in total. The van der Waals surface area contributed by atoms with E-state index in [9.17, 15) is 18.0 Å². The Bertz CT molecular complexity index is 271.